The van der Waals surface area contributed by atoms with E-state index in [1.54, 1.807) is 0 Å². The Morgan fingerprint density at radius 2 is 1.90 bits per heavy atom. The fourth-order valence-corrected chi connectivity index (χ4v) is 2.27. The standard InChI is InChI=1S/C18H20N2/c1-3-5-15-8-10-17(11-9-15)14(2)20-18-7-4-6-16(12-18)13-19/h4,6-12,14,20H,3,5H2,1-2H3. The van der Waals surface area contributed by atoms with Crippen molar-refractivity contribution in [2.45, 2.75) is 32.7 Å². The molecule has 0 saturated carbocycles. The number of nitriles is 1. The number of hydrogen-bond acceptors (Lipinski definition) is 2. The molecule has 2 aromatic rings. The molecule has 0 bridgehead atoms. The van der Waals surface area contributed by atoms with Crippen LogP contribution in [0.5, 0.6) is 0 Å². The molecular formula is C18H20N2. The predicted octanol–water partition coefficient (Wildman–Crippen LogP) is 4.68. The van der Waals surface area contributed by atoms with Crippen molar-refractivity contribution in [3.63, 3.8) is 0 Å². The molecule has 0 saturated heterocycles. The number of anilines is 1. The van der Waals surface area contributed by atoms with Crippen LogP contribution in [0, 0.1) is 11.3 Å². The molecule has 2 nitrogen and oxygen atoms in total. The number of nitrogens with zero attached hydrogens (tertiary/aromatic N) is 1. The second-order valence-electron chi connectivity index (χ2n) is 5.05. The molecule has 2 aromatic carbocycles. The van der Waals surface area contributed by atoms with Gasteiger partial charge in [0.15, 0.2) is 0 Å². The topological polar surface area (TPSA) is 35.8 Å². The van der Waals surface area contributed by atoms with Crippen LogP contribution >= 0.6 is 0 Å². The van der Waals surface area contributed by atoms with Gasteiger partial charge in [-0.25, -0.2) is 0 Å². The average molecular weight is 264 g/mol. The molecule has 0 radical (unpaired) electrons. The van der Waals surface area contributed by atoms with Crippen molar-refractivity contribution in [1.29, 1.82) is 5.26 Å². The summed E-state index contributed by atoms with van der Waals surface area (Å²) in [6, 6.07) is 18.7. The van der Waals surface area contributed by atoms with Crippen molar-refractivity contribution in [1.82, 2.24) is 0 Å². The Bertz CT molecular complexity index is 594. The average Bonchev–Trinajstić information content (AvgIpc) is 2.48. The van der Waals surface area contributed by atoms with Gasteiger partial charge >= 0.3 is 0 Å². The summed E-state index contributed by atoms with van der Waals surface area (Å²) in [6.45, 7) is 4.33. The Morgan fingerprint density at radius 3 is 2.55 bits per heavy atom. The zero-order valence-corrected chi connectivity index (χ0v) is 12.1. The highest BCUT2D eigenvalue weighted by Crippen LogP contribution is 2.20. The van der Waals surface area contributed by atoms with Gasteiger partial charge in [0, 0.05) is 11.7 Å². The quantitative estimate of drug-likeness (QED) is 0.850. The van der Waals surface area contributed by atoms with Crippen molar-refractivity contribution in [2.24, 2.45) is 0 Å². The first-order chi connectivity index (χ1) is 9.72. The summed E-state index contributed by atoms with van der Waals surface area (Å²) in [7, 11) is 0. The second kappa shape index (κ2) is 6.77. The van der Waals surface area contributed by atoms with Gasteiger partial charge in [0.1, 0.15) is 0 Å². The fourth-order valence-electron chi connectivity index (χ4n) is 2.27. The van der Waals surface area contributed by atoms with E-state index in [9.17, 15) is 0 Å². The lowest BCUT2D eigenvalue weighted by Crippen LogP contribution is -2.06. The molecule has 0 aliphatic rings. The largest absolute Gasteiger partial charge is 0.378 e. The summed E-state index contributed by atoms with van der Waals surface area (Å²) in [4.78, 5) is 0. The molecule has 0 amide bonds. The third-order valence-electron chi connectivity index (χ3n) is 3.39. The third kappa shape index (κ3) is 3.61. The predicted molar refractivity (Wildman–Crippen MR) is 83.6 cm³/mol. The van der Waals surface area contributed by atoms with E-state index in [2.05, 4.69) is 49.5 Å². The van der Waals surface area contributed by atoms with Gasteiger partial charge in [-0.1, -0.05) is 43.7 Å². The van der Waals surface area contributed by atoms with Gasteiger partial charge in [0.05, 0.1) is 11.6 Å². The molecule has 102 valence electrons. The summed E-state index contributed by atoms with van der Waals surface area (Å²) < 4.78 is 0. The molecule has 1 N–H and O–H groups in total. The van der Waals surface area contributed by atoms with E-state index in [4.69, 9.17) is 5.26 Å². The first-order valence-corrected chi connectivity index (χ1v) is 7.08. The van der Waals surface area contributed by atoms with Crippen molar-refractivity contribution in [3.05, 3.63) is 65.2 Å². The number of rotatable bonds is 5. The van der Waals surface area contributed by atoms with Gasteiger partial charge in [0.25, 0.3) is 0 Å². The van der Waals surface area contributed by atoms with E-state index in [0.717, 1.165) is 12.1 Å². The van der Waals surface area contributed by atoms with E-state index in [0.29, 0.717) is 5.56 Å². The van der Waals surface area contributed by atoms with Gasteiger partial charge in [0.2, 0.25) is 0 Å². The molecule has 1 atom stereocenters. The Kier molecular flexibility index (Phi) is 4.79. The van der Waals surface area contributed by atoms with Crippen LogP contribution in [-0.2, 0) is 6.42 Å². The minimum absolute atomic E-state index is 0.222. The van der Waals surface area contributed by atoms with Crippen LogP contribution in [0.25, 0.3) is 0 Å². The molecule has 2 rings (SSSR count). The Hall–Kier alpha value is -2.27. The van der Waals surface area contributed by atoms with Gasteiger partial charge in [-0.3, -0.25) is 0 Å². The SMILES string of the molecule is CCCc1ccc(C(C)Nc2cccc(C#N)c2)cc1. The Morgan fingerprint density at radius 1 is 1.15 bits per heavy atom. The van der Waals surface area contributed by atoms with Crippen LogP contribution in [-0.4, -0.2) is 0 Å². The number of benzene rings is 2. The van der Waals surface area contributed by atoms with Gasteiger partial charge in [-0.05, 0) is 42.7 Å². The van der Waals surface area contributed by atoms with Gasteiger partial charge in [-0.2, -0.15) is 5.26 Å². The lowest BCUT2D eigenvalue weighted by Gasteiger charge is -2.16. The summed E-state index contributed by atoms with van der Waals surface area (Å²) in [6.07, 6.45) is 2.31. The summed E-state index contributed by atoms with van der Waals surface area (Å²) in [5, 5.41) is 12.3. The van der Waals surface area contributed by atoms with Crippen LogP contribution in [0.4, 0.5) is 5.69 Å². The van der Waals surface area contributed by atoms with Gasteiger partial charge in [-0.15, -0.1) is 0 Å². The highest BCUT2D eigenvalue weighted by atomic mass is 14.9. The zero-order chi connectivity index (χ0) is 14.4. The summed E-state index contributed by atoms with van der Waals surface area (Å²) in [5.74, 6) is 0. The summed E-state index contributed by atoms with van der Waals surface area (Å²) >= 11 is 0. The van der Waals surface area contributed by atoms with E-state index in [-0.39, 0.29) is 6.04 Å². The molecule has 0 spiro atoms. The van der Waals surface area contributed by atoms with Crippen LogP contribution < -0.4 is 5.32 Å². The monoisotopic (exact) mass is 264 g/mol. The van der Waals surface area contributed by atoms with Crippen LogP contribution in [0.2, 0.25) is 0 Å². The van der Waals surface area contributed by atoms with Crippen molar-refractivity contribution in [2.75, 3.05) is 5.32 Å². The van der Waals surface area contributed by atoms with Crippen LogP contribution in [0.15, 0.2) is 48.5 Å². The molecule has 0 aliphatic heterocycles. The smallest absolute Gasteiger partial charge is 0.0992 e. The third-order valence-corrected chi connectivity index (χ3v) is 3.39. The molecule has 2 heteroatoms. The lowest BCUT2D eigenvalue weighted by atomic mass is 10.0. The molecule has 1 unspecified atom stereocenters. The molecular weight excluding hydrogens is 244 g/mol. The van der Waals surface area contributed by atoms with Crippen molar-refractivity contribution < 1.29 is 0 Å². The first-order valence-electron chi connectivity index (χ1n) is 7.08. The van der Waals surface area contributed by atoms with Crippen molar-refractivity contribution in [3.8, 4) is 6.07 Å². The number of aryl methyl sites for hydroxylation is 1. The maximum Gasteiger partial charge on any atom is 0.0992 e. The molecule has 0 fully saturated rings. The van der Waals surface area contributed by atoms with Crippen molar-refractivity contribution >= 4 is 5.69 Å². The highest BCUT2D eigenvalue weighted by molar-refractivity contribution is 5.50. The van der Waals surface area contributed by atoms with E-state index in [1.807, 2.05) is 24.3 Å². The minimum Gasteiger partial charge on any atom is -0.378 e. The van der Waals surface area contributed by atoms with E-state index in [1.165, 1.54) is 17.5 Å². The highest BCUT2D eigenvalue weighted by Gasteiger charge is 2.05. The zero-order valence-electron chi connectivity index (χ0n) is 12.1. The van der Waals surface area contributed by atoms with Crippen LogP contribution in [0.3, 0.4) is 0 Å². The molecule has 0 aliphatic carbocycles. The first kappa shape index (κ1) is 14.1. The number of hydrogen-bond donors (Lipinski definition) is 1. The normalized spacial score (nSPS) is 11.7. The molecule has 20 heavy (non-hydrogen) atoms. The number of nitrogens with one attached hydrogen (secondary N) is 1. The lowest BCUT2D eigenvalue weighted by molar-refractivity contribution is 0.876. The second-order valence-corrected chi connectivity index (χ2v) is 5.05. The molecule has 0 heterocycles. The molecule has 0 aromatic heterocycles. The fraction of sp³-hybridized carbons (Fsp3) is 0.278. The van der Waals surface area contributed by atoms with E-state index >= 15 is 0 Å². The summed E-state index contributed by atoms with van der Waals surface area (Å²) in [5.41, 5.74) is 4.30. The van der Waals surface area contributed by atoms with Crippen LogP contribution in [0.1, 0.15) is 43.0 Å². The minimum atomic E-state index is 0.222. The van der Waals surface area contributed by atoms with E-state index < -0.39 is 0 Å². The Labute approximate surface area is 121 Å². The van der Waals surface area contributed by atoms with Gasteiger partial charge < -0.3 is 5.32 Å². The maximum absolute atomic E-state index is 8.92. The Balaban J connectivity index is 2.07. The maximum atomic E-state index is 8.92.